The molecule has 3 aromatic rings. The fourth-order valence-corrected chi connectivity index (χ4v) is 3.85. The van der Waals surface area contributed by atoms with E-state index in [4.69, 9.17) is 11.6 Å². The van der Waals surface area contributed by atoms with Gasteiger partial charge in [-0.3, -0.25) is 4.79 Å². The van der Waals surface area contributed by atoms with Crippen molar-refractivity contribution in [2.75, 3.05) is 23.3 Å². The van der Waals surface area contributed by atoms with Gasteiger partial charge in [0, 0.05) is 18.8 Å². The van der Waals surface area contributed by atoms with Crippen molar-refractivity contribution in [3.63, 3.8) is 0 Å². The smallest absolute Gasteiger partial charge is 0.260 e. The highest BCUT2D eigenvalue weighted by molar-refractivity contribution is 6.34. The Morgan fingerprint density at radius 2 is 1.86 bits per heavy atom. The number of nitrogens with zero attached hydrogens (tertiary/aromatic N) is 3. The molecule has 0 radical (unpaired) electrons. The average molecular weight is 399 g/mol. The molecule has 2 heterocycles. The van der Waals surface area contributed by atoms with Crippen molar-refractivity contribution in [1.29, 1.82) is 0 Å². The quantitative estimate of drug-likeness (QED) is 0.685. The first-order valence-electron chi connectivity index (χ1n) is 9.21. The van der Waals surface area contributed by atoms with Gasteiger partial charge < -0.3 is 10.2 Å². The lowest BCUT2D eigenvalue weighted by Gasteiger charge is -2.18. The number of hydrogen-bond donors (Lipinski definition) is 1. The van der Waals surface area contributed by atoms with Crippen LogP contribution in [0.5, 0.6) is 0 Å². The van der Waals surface area contributed by atoms with Gasteiger partial charge in [0.25, 0.3) is 5.91 Å². The van der Waals surface area contributed by atoms with Crippen molar-refractivity contribution in [2.45, 2.75) is 19.8 Å². The summed E-state index contributed by atoms with van der Waals surface area (Å²) in [6, 6.07) is 14.1. The van der Waals surface area contributed by atoms with Gasteiger partial charge in [0.2, 0.25) is 0 Å². The van der Waals surface area contributed by atoms with Gasteiger partial charge in [-0.25, -0.2) is 9.07 Å². The number of halogens is 2. The van der Waals surface area contributed by atoms with Gasteiger partial charge in [-0.15, -0.1) is 0 Å². The van der Waals surface area contributed by atoms with Crippen LogP contribution in [0.2, 0.25) is 5.15 Å². The number of benzene rings is 2. The predicted octanol–water partition coefficient (Wildman–Crippen LogP) is 4.83. The second-order valence-corrected chi connectivity index (χ2v) is 7.17. The second kappa shape index (κ2) is 7.64. The number of aromatic nitrogens is 2. The van der Waals surface area contributed by atoms with E-state index in [1.807, 2.05) is 35.2 Å². The topological polar surface area (TPSA) is 50.2 Å². The van der Waals surface area contributed by atoms with Crippen LogP contribution in [0.4, 0.5) is 15.8 Å². The largest absolute Gasteiger partial charge is 0.369 e. The van der Waals surface area contributed by atoms with E-state index in [0.717, 1.165) is 31.6 Å². The van der Waals surface area contributed by atoms with Crippen molar-refractivity contribution in [3.8, 4) is 5.69 Å². The molecule has 0 aliphatic carbocycles. The fraction of sp³-hybridized carbons (Fsp3) is 0.238. The molecule has 0 unspecified atom stereocenters. The summed E-state index contributed by atoms with van der Waals surface area (Å²) in [6.07, 6.45) is 2.14. The fourth-order valence-electron chi connectivity index (χ4n) is 3.49. The zero-order valence-electron chi connectivity index (χ0n) is 15.5. The number of carbonyl (C=O) groups is 1. The summed E-state index contributed by atoms with van der Waals surface area (Å²) in [5, 5.41) is 7.32. The zero-order chi connectivity index (χ0) is 19.7. The van der Waals surface area contributed by atoms with E-state index in [1.165, 1.54) is 10.7 Å². The molecule has 4 rings (SSSR count). The molecule has 5 nitrogen and oxygen atoms in total. The Morgan fingerprint density at radius 1 is 1.14 bits per heavy atom. The van der Waals surface area contributed by atoms with Crippen molar-refractivity contribution >= 4 is 28.9 Å². The molecule has 144 valence electrons. The lowest BCUT2D eigenvalue weighted by atomic mass is 10.2. The lowest BCUT2D eigenvalue weighted by molar-refractivity contribution is 0.102. The van der Waals surface area contributed by atoms with Gasteiger partial charge in [-0.2, -0.15) is 5.10 Å². The highest BCUT2D eigenvalue weighted by Gasteiger charge is 2.22. The molecule has 28 heavy (non-hydrogen) atoms. The minimum atomic E-state index is -0.419. The Labute approximate surface area is 167 Å². The molecule has 1 saturated heterocycles. The maximum atomic E-state index is 14.5. The van der Waals surface area contributed by atoms with Crippen LogP contribution in [-0.4, -0.2) is 28.8 Å². The third-order valence-corrected chi connectivity index (χ3v) is 5.23. The number of carbonyl (C=O) groups excluding carboxylic acids is 1. The van der Waals surface area contributed by atoms with Crippen LogP contribution in [-0.2, 0) is 0 Å². The van der Waals surface area contributed by atoms with E-state index in [9.17, 15) is 9.18 Å². The maximum Gasteiger partial charge on any atom is 0.260 e. The molecule has 0 spiro atoms. The number of aryl methyl sites for hydroxylation is 1. The molecule has 1 aliphatic rings. The summed E-state index contributed by atoms with van der Waals surface area (Å²) < 4.78 is 16.0. The van der Waals surface area contributed by atoms with Crippen LogP contribution in [0.1, 0.15) is 28.9 Å². The SMILES string of the molecule is Cc1nn(-c2ccccc2)c(Cl)c1C(=O)Nc1ccc(N2CCCC2)c(F)c1. The van der Waals surface area contributed by atoms with Crippen LogP contribution < -0.4 is 10.2 Å². The Bertz CT molecular complexity index is 1010. The molecule has 1 aliphatic heterocycles. The molecule has 1 fully saturated rings. The van der Waals surface area contributed by atoms with Gasteiger partial charge in [0.1, 0.15) is 16.5 Å². The monoisotopic (exact) mass is 398 g/mol. The molecule has 0 saturated carbocycles. The minimum absolute atomic E-state index is 0.218. The average Bonchev–Trinajstić information content (AvgIpc) is 3.30. The molecule has 1 N–H and O–H groups in total. The third-order valence-electron chi connectivity index (χ3n) is 4.88. The summed E-state index contributed by atoms with van der Waals surface area (Å²) in [6.45, 7) is 3.43. The zero-order valence-corrected chi connectivity index (χ0v) is 16.2. The minimum Gasteiger partial charge on any atom is -0.369 e. The molecule has 1 amide bonds. The van der Waals surface area contributed by atoms with Crippen LogP contribution >= 0.6 is 11.6 Å². The molecular formula is C21H20ClFN4O. The molecule has 0 bridgehead atoms. The number of para-hydroxylation sites is 1. The number of anilines is 2. The standard InChI is InChI=1S/C21H20ClFN4O/c1-14-19(20(22)27(25-14)16-7-3-2-4-8-16)21(28)24-15-9-10-18(17(23)13-15)26-11-5-6-12-26/h2-4,7-10,13H,5-6,11-12H2,1H3,(H,24,28). The van der Waals surface area contributed by atoms with E-state index in [0.29, 0.717) is 17.1 Å². The second-order valence-electron chi connectivity index (χ2n) is 6.81. The van der Waals surface area contributed by atoms with Gasteiger partial charge in [0.05, 0.1) is 17.1 Å². The summed E-state index contributed by atoms with van der Waals surface area (Å²) >= 11 is 6.43. The van der Waals surface area contributed by atoms with Crippen molar-refractivity contribution in [3.05, 3.63) is 70.8 Å². The Kier molecular flexibility index (Phi) is 5.05. The van der Waals surface area contributed by atoms with Crippen LogP contribution in [0.15, 0.2) is 48.5 Å². The van der Waals surface area contributed by atoms with Gasteiger partial charge >= 0.3 is 0 Å². The first kappa shape index (κ1) is 18.5. The summed E-state index contributed by atoms with van der Waals surface area (Å²) in [7, 11) is 0. The molecule has 7 heteroatoms. The van der Waals surface area contributed by atoms with Crippen LogP contribution in [0.25, 0.3) is 5.69 Å². The van der Waals surface area contributed by atoms with Gasteiger partial charge in [-0.1, -0.05) is 29.8 Å². The van der Waals surface area contributed by atoms with E-state index >= 15 is 0 Å². The van der Waals surface area contributed by atoms with E-state index < -0.39 is 5.91 Å². The number of rotatable bonds is 4. The third kappa shape index (κ3) is 3.47. The summed E-state index contributed by atoms with van der Waals surface area (Å²) in [4.78, 5) is 14.8. The van der Waals surface area contributed by atoms with E-state index in [2.05, 4.69) is 10.4 Å². The lowest BCUT2D eigenvalue weighted by Crippen LogP contribution is -2.19. The number of nitrogens with one attached hydrogen (secondary N) is 1. The van der Waals surface area contributed by atoms with E-state index in [-0.39, 0.29) is 16.5 Å². The highest BCUT2D eigenvalue weighted by Crippen LogP contribution is 2.28. The number of hydrogen-bond acceptors (Lipinski definition) is 3. The first-order chi connectivity index (χ1) is 13.5. The molecule has 1 aromatic heterocycles. The van der Waals surface area contributed by atoms with Gasteiger partial charge in [0.15, 0.2) is 0 Å². The number of amides is 1. The molecule has 0 atom stereocenters. The maximum absolute atomic E-state index is 14.5. The Morgan fingerprint density at radius 3 is 2.54 bits per heavy atom. The summed E-state index contributed by atoms with van der Waals surface area (Å²) in [5.41, 5.74) is 2.49. The molecule has 2 aromatic carbocycles. The van der Waals surface area contributed by atoms with Crippen molar-refractivity contribution in [1.82, 2.24) is 9.78 Å². The predicted molar refractivity (Wildman–Crippen MR) is 109 cm³/mol. The normalized spacial score (nSPS) is 13.8. The Hall–Kier alpha value is -2.86. The Balaban J connectivity index is 1.57. The van der Waals surface area contributed by atoms with Crippen molar-refractivity contribution in [2.24, 2.45) is 0 Å². The van der Waals surface area contributed by atoms with Crippen LogP contribution in [0.3, 0.4) is 0 Å². The molecular weight excluding hydrogens is 379 g/mol. The first-order valence-corrected chi connectivity index (χ1v) is 9.59. The summed E-state index contributed by atoms with van der Waals surface area (Å²) in [5.74, 6) is -0.763. The van der Waals surface area contributed by atoms with Crippen LogP contribution in [0, 0.1) is 12.7 Å². The van der Waals surface area contributed by atoms with Gasteiger partial charge in [-0.05, 0) is 50.1 Å². The van der Waals surface area contributed by atoms with E-state index in [1.54, 1.807) is 19.1 Å². The highest BCUT2D eigenvalue weighted by atomic mass is 35.5. The van der Waals surface area contributed by atoms with Crippen molar-refractivity contribution < 1.29 is 9.18 Å².